The standard InChI is InChI=1S/C29H36F2N6O5/c1-5-41-28(39)19(2)16-36(32-4)17-23-18-37(29(40)42-23)22-13-24(30)26(25(31)14-22)34-9-11-35(12-10-34)27(38)20(3)21-7-6-8-33-15-21/h6-8,13,15-16,20,22-23H,4-5,9-12,14,17-18H2,1-3H3/b19-16+. The van der Waals surface area contributed by atoms with Crippen LogP contribution in [-0.4, -0.2) is 107 Å². The van der Waals surface area contributed by atoms with Crippen LogP contribution in [0.3, 0.4) is 0 Å². The molecule has 2 aliphatic heterocycles. The summed E-state index contributed by atoms with van der Waals surface area (Å²) in [7, 11) is 0. The van der Waals surface area contributed by atoms with Crippen molar-refractivity contribution in [2.24, 2.45) is 5.10 Å². The smallest absolute Gasteiger partial charge is 0.410 e. The minimum absolute atomic E-state index is 0.0595. The summed E-state index contributed by atoms with van der Waals surface area (Å²) in [6.07, 6.45) is 4.40. The third-order valence-corrected chi connectivity index (χ3v) is 7.49. The molecule has 3 atom stereocenters. The molecular formula is C29H36F2N6O5. The van der Waals surface area contributed by atoms with Crippen molar-refractivity contribution < 1.29 is 32.6 Å². The van der Waals surface area contributed by atoms with Gasteiger partial charge in [0.25, 0.3) is 0 Å². The molecule has 42 heavy (non-hydrogen) atoms. The number of carbonyl (C=O) groups is 3. The lowest BCUT2D eigenvalue weighted by atomic mass is 10.0. The number of rotatable bonds is 10. The average Bonchev–Trinajstić information content (AvgIpc) is 3.36. The maximum absolute atomic E-state index is 15.4. The Labute approximate surface area is 243 Å². The number of hydrogen-bond donors (Lipinski definition) is 0. The molecule has 3 unspecified atom stereocenters. The van der Waals surface area contributed by atoms with Gasteiger partial charge in [0, 0.05) is 57.9 Å². The molecule has 2 fully saturated rings. The lowest BCUT2D eigenvalue weighted by Crippen LogP contribution is -2.50. The van der Waals surface area contributed by atoms with Gasteiger partial charge in [-0.05, 0) is 38.5 Å². The Hall–Kier alpha value is -4.29. The normalized spacial score (nSPS) is 22.0. The Morgan fingerprint density at radius 1 is 1.31 bits per heavy atom. The molecule has 0 spiro atoms. The number of nitrogens with zero attached hydrogens (tertiary/aromatic N) is 6. The van der Waals surface area contributed by atoms with Gasteiger partial charge >= 0.3 is 12.1 Å². The number of ether oxygens (including phenoxy) is 2. The maximum Gasteiger partial charge on any atom is 0.410 e. The number of cyclic esters (lactones) is 1. The van der Waals surface area contributed by atoms with Crippen LogP contribution in [0.15, 0.2) is 64.8 Å². The van der Waals surface area contributed by atoms with Crippen molar-refractivity contribution in [2.45, 2.75) is 45.3 Å². The molecule has 1 aliphatic carbocycles. The molecular weight excluding hydrogens is 550 g/mol. The number of esters is 1. The molecule has 0 saturated carbocycles. The van der Waals surface area contributed by atoms with Gasteiger partial charge in [-0.25, -0.2) is 18.4 Å². The third-order valence-electron chi connectivity index (χ3n) is 7.49. The summed E-state index contributed by atoms with van der Waals surface area (Å²) >= 11 is 0. The molecule has 11 nitrogen and oxygen atoms in total. The second-order valence-corrected chi connectivity index (χ2v) is 10.3. The molecule has 2 amide bonds. The van der Waals surface area contributed by atoms with Crippen LogP contribution in [0.25, 0.3) is 0 Å². The van der Waals surface area contributed by atoms with Gasteiger partial charge in [-0.15, -0.1) is 0 Å². The monoisotopic (exact) mass is 586 g/mol. The number of halogens is 2. The first kappa shape index (κ1) is 30.7. The number of amides is 2. The van der Waals surface area contributed by atoms with E-state index in [2.05, 4.69) is 16.8 Å². The molecule has 1 aromatic heterocycles. The minimum Gasteiger partial charge on any atom is -0.463 e. The van der Waals surface area contributed by atoms with Gasteiger partial charge in [0.1, 0.15) is 23.5 Å². The Balaban J connectivity index is 1.34. The summed E-state index contributed by atoms with van der Waals surface area (Å²) in [6.45, 7) is 10.1. The lowest BCUT2D eigenvalue weighted by molar-refractivity contribution is -0.138. The van der Waals surface area contributed by atoms with Gasteiger partial charge in [-0.1, -0.05) is 6.07 Å². The fraction of sp³-hybridized carbons (Fsp3) is 0.483. The molecule has 4 rings (SSSR count). The third kappa shape index (κ3) is 6.94. The van der Waals surface area contributed by atoms with Crippen molar-refractivity contribution >= 4 is 24.7 Å². The quantitative estimate of drug-likeness (QED) is 0.178. The van der Waals surface area contributed by atoms with E-state index < -0.39 is 35.9 Å². The highest BCUT2D eigenvalue weighted by atomic mass is 19.1. The van der Waals surface area contributed by atoms with Gasteiger partial charge in [0.05, 0.1) is 37.2 Å². The number of allylic oxidation sites excluding steroid dienone is 1. The topological polar surface area (TPSA) is 108 Å². The van der Waals surface area contributed by atoms with Crippen LogP contribution in [0.4, 0.5) is 13.6 Å². The first-order valence-electron chi connectivity index (χ1n) is 13.9. The van der Waals surface area contributed by atoms with Gasteiger partial charge < -0.3 is 19.3 Å². The van der Waals surface area contributed by atoms with Crippen LogP contribution in [0.2, 0.25) is 0 Å². The van der Waals surface area contributed by atoms with E-state index in [-0.39, 0.29) is 62.3 Å². The molecule has 226 valence electrons. The Morgan fingerprint density at radius 2 is 2.05 bits per heavy atom. The van der Waals surface area contributed by atoms with Crippen LogP contribution in [0.1, 0.15) is 38.7 Å². The van der Waals surface area contributed by atoms with E-state index in [1.54, 1.807) is 42.1 Å². The van der Waals surface area contributed by atoms with E-state index in [1.807, 2.05) is 13.0 Å². The summed E-state index contributed by atoms with van der Waals surface area (Å²) in [4.78, 5) is 46.2. The lowest BCUT2D eigenvalue weighted by Gasteiger charge is -2.39. The predicted molar refractivity (Wildman–Crippen MR) is 150 cm³/mol. The van der Waals surface area contributed by atoms with Crippen LogP contribution in [0.5, 0.6) is 0 Å². The molecule has 0 aromatic carbocycles. The van der Waals surface area contributed by atoms with Crippen LogP contribution in [0, 0.1) is 0 Å². The molecule has 3 aliphatic rings. The summed E-state index contributed by atoms with van der Waals surface area (Å²) < 4.78 is 41.1. The van der Waals surface area contributed by atoms with Crippen molar-refractivity contribution in [1.29, 1.82) is 0 Å². The van der Waals surface area contributed by atoms with E-state index in [0.29, 0.717) is 13.1 Å². The Kier molecular flexibility index (Phi) is 9.92. The van der Waals surface area contributed by atoms with E-state index in [9.17, 15) is 14.4 Å². The second-order valence-electron chi connectivity index (χ2n) is 10.3. The van der Waals surface area contributed by atoms with Gasteiger partial charge in [0.15, 0.2) is 0 Å². The number of hydrazone groups is 1. The van der Waals surface area contributed by atoms with Crippen LogP contribution >= 0.6 is 0 Å². The summed E-state index contributed by atoms with van der Waals surface area (Å²) in [5, 5.41) is 5.19. The fourth-order valence-electron chi connectivity index (χ4n) is 5.23. The number of pyridine rings is 1. The zero-order chi connectivity index (χ0) is 30.4. The van der Waals surface area contributed by atoms with E-state index in [1.165, 1.54) is 22.2 Å². The van der Waals surface area contributed by atoms with Gasteiger partial charge in [-0.3, -0.25) is 19.7 Å². The first-order valence-corrected chi connectivity index (χ1v) is 13.9. The van der Waals surface area contributed by atoms with Crippen molar-refractivity contribution in [3.8, 4) is 0 Å². The van der Waals surface area contributed by atoms with Crippen molar-refractivity contribution in [2.75, 3.05) is 45.9 Å². The van der Waals surface area contributed by atoms with Gasteiger partial charge in [0.2, 0.25) is 5.91 Å². The Bertz CT molecular complexity index is 1280. The highest BCUT2D eigenvalue weighted by molar-refractivity contribution is 5.87. The second kappa shape index (κ2) is 13.6. The van der Waals surface area contributed by atoms with E-state index in [0.717, 1.165) is 5.56 Å². The average molecular weight is 587 g/mol. The van der Waals surface area contributed by atoms with Crippen molar-refractivity contribution in [1.82, 2.24) is 24.7 Å². The van der Waals surface area contributed by atoms with Crippen molar-refractivity contribution in [3.05, 3.63) is 65.3 Å². The molecule has 0 bridgehead atoms. The highest BCUT2D eigenvalue weighted by Crippen LogP contribution is 2.34. The molecule has 3 heterocycles. The maximum atomic E-state index is 15.4. The zero-order valence-corrected chi connectivity index (χ0v) is 24.0. The number of carbonyl (C=O) groups excluding carboxylic acids is 3. The number of aromatic nitrogens is 1. The fourth-order valence-corrected chi connectivity index (χ4v) is 5.23. The molecule has 0 radical (unpaired) electrons. The van der Waals surface area contributed by atoms with Crippen molar-refractivity contribution in [3.63, 3.8) is 0 Å². The zero-order valence-electron chi connectivity index (χ0n) is 24.0. The minimum atomic E-state index is -0.864. The summed E-state index contributed by atoms with van der Waals surface area (Å²) in [5.74, 6) is -2.36. The number of piperazine rings is 1. The number of hydrogen-bond acceptors (Lipinski definition) is 9. The van der Waals surface area contributed by atoms with Crippen LogP contribution < -0.4 is 0 Å². The molecule has 2 saturated heterocycles. The molecule has 13 heteroatoms. The van der Waals surface area contributed by atoms with Crippen LogP contribution in [-0.2, 0) is 19.1 Å². The SMILES string of the molecule is C=NN(/C=C(\C)C(=O)OCC)CC1CN(C2C=C(F)C(N3CCN(C(=O)C(C)c4cccnc4)CC3)=C(F)C2)C(=O)O1. The predicted octanol–water partition coefficient (Wildman–Crippen LogP) is 3.34. The summed E-state index contributed by atoms with van der Waals surface area (Å²) in [6, 6.07) is 2.76. The highest BCUT2D eigenvalue weighted by Gasteiger charge is 2.40. The summed E-state index contributed by atoms with van der Waals surface area (Å²) in [5.41, 5.74) is 0.963. The Morgan fingerprint density at radius 3 is 2.67 bits per heavy atom. The molecule has 0 N–H and O–H groups in total. The molecule has 1 aromatic rings. The van der Waals surface area contributed by atoms with Gasteiger partial charge in [-0.2, -0.15) is 5.10 Å². The van der Waals surface area contributed by atoms with E-state index >= 15 is 8.78 Å². The van der Waals surface area contributed by atoms with E-state index in [4.69, 9.17) is 9.47 Å². The largest absolute Gasteiger partial charge is 0.463 e. The first-order chi connectivity index (χ1) is 20.1.